The summed E-state index contributed by atoms with van der Waals surface area (Å²) in [6, 6.07) is 6.79. The topological polar surface area (TPSA) is 112 Å². The second-order valence-electron chi connectivity index (χ2n) is 4.57. The number of nitrogens with one attached hydrogen (secondary N) is 3. The summed E-state index contributed by atoms with van der Waals surface area (Å²) in [5.74, 6) is 0.436. The molecule has 1 rings (SSSR count). The second-order valence-corrected chi connectivity index (χ2v) is 4.57. The molecule has 0 bridgehead atoms. The SMILES string of the molecule is COc1ccc(OC)c(NC(=O)/C(C#N)=C\NCCCNC=O)c1. The summed E-state index contributed by atoms with van der Waals surface area (Å²) in [5.41, 5.74) is 0.321. The fourth-order valence-electron chi connectivity index (χ4n) is 1.78. The second kappa shape index (κ2) is 10.5. The Hall–Kier alpha value is -3.21. The van der Waals surface area contributed by atoms with Crippen LogP contribution >= 0.6 is 0 Å². The molecule has 8 nitrogen and oxygen atoms in total. The highest BCUT2D eigenvalue weighted by Gasteiger charge is 2.13. The zero-order valence-electron chi connectivity index (χ0n) is 13.6. The molecule has 24 heavy (non-hydrogen) atoms. The van der Waals surface area contributed by atoms with Crippen molar-refractivity contribution in [2.45, 2.75) is 6.42 Å². The van der Waals surface area contributed by atoms with Crippen LogP contribution in [0.4, 0.5) is 5.69 Å². The standard InChI is InChI=1S/C16H20N4O4/c1-23-13-4-5-15(24-2)14(8-13)20-16(22)12(9-17)10-18-6-3-7-19-11-21/h4-5,8,10-11,18H,3,6-7H2,1-2H3,(H,19,21)(H,20,22)/b12-10-. The molecular weight excluding hydrogens is 312 g/mol. The summed E-state index contributed by atoms with van der Waals surface area (Å²) in [5, 5.41) is 17.1. The lowest BCUT2D eigenvalue weighted by Gasteiger charge is -2.11. The number of rotatable bonds is 10. The molecule has 0 aliphatic heterocycles. The molecule has 0 radical (unpaired) electrons. The van der Waals surface area contributed by atoms with Crippen molar-refractivity contribution in [2.75, 3.05) is 32.6 Å². The van der Waals surface area contributed by atoms with Crippen LogP contribution in [0.15, 0.2) is 30.0 Å². The van der Waals surface area contributed by atoms with E-state index in [1.807, 2.05) is 6.07 Å². The van der Waals surface area contributed by atoms with E-state index in [0.717, 1.165) is 0 Å². The van der Waals surface area contributed by atoms with Gasteiger partial charge < -0.3 is 25.4 Å². The Morgan fingerprint density at radius 3 is 2.62 bits per heavy atom. The Morgan fingerprint density at radius 2 is 2.00 bits per heavy atom. The van der Waals surface area contributed by atoms with E-state index in [0.29, 0.717) is 43.1 Å². The van der Waals surface area contributed by atoms with Gasteiger partial charge in [0.05, 0.1) is 19.9 Å². The van der Waals surface area contributed by atoms with Gasteiger partial charge in [-0.1, -0.05) is 0 Å². The summed E-state index contributed by atoms with van der Waals surface area (Å²) in [6.45, 7) is 1.03. The quantitative estimate of drug-likeness (QED) is 0.252. The summed E-state index contributed by atoms with van der Waals surface area (Å²) < 4.78 is 10.3. The number of carbonyl (C=O) groups is 2. The van der Waals surface area contributed by atoms with E-state index in [1.54, 1.807) is 18.2 Å². The Morgan fingerprint density at radius 1 is 1.25 bits per heavy atom. The lowest BCUT2D eigenvalue weighted by atomic mass is 10.2. The van der Waals surface area contributed by atoms with E-state index in [2.05, 4.69) is 16.0 Å². The number of anilines is 1. The molecule has 1 aromatic carbocycles. The molecule has 0 spiro atoms. The Bertz CT molecular complexity index is 637. The normalized spacial score (nSPS) is 10.3. The predicted octanol–water partition coefficient (Wildman–Crippen LogP) is 0.775. The summed E-state index contributed by atoms with van der Waals surface area (Å²) in [6.07, 6.45) is 2.62. The van der Waals surface area contributed by atoms with Gasteiger partial charge in [-0.3, -0.25) is 9.59 Å². The summed E-state index contributed by atoms with van der Waals surface area (Å²) in [4.78, 5) is 22.3. The molecular formula is C16H20N4O4. The first-order valence-corrected chi connectivity index (χ1v) is 7.20. The average Bonchev–Trinajstić information content (AvgIpc) is 2.60. The molecule has 0 heterocycles. The first-order valence-electron chi connectivity index (χ1n) is 7.20. The minimum Gasteiger partial charge on any atom is -0.497 e. The Kier molecular flexibility index (Phi) is 8.25. The van der Waals surface area contributed by atoms with E-state index in [9.17, 15) is 9.59 Å². The molecule has 0 aliphatic carbocycles. The van der Waals surface area contributed by atoms with Crippen LogP contribution in [0.1, 0.15) is 6.42 Å². The zero-order chi connectivity index (χ0) is 17.8. The van der Waals surface area contributed by atoms with Crippen LogP contribution < -0.4 is 25.4 Å². The van der Waals surface area contributed by atoms with Crippen molar-refractivity contribution in [3.8, 4) is 17.6 Å². The van der Waals surface area contributed by atoms with Crippen molar-refractivity contribution in [2.24, 2.45) is 0 Å². The maximum absolute atomic E-state index is 12.2. The minimum atomic E-state index is -0.567. The van der Waals surface area contributed by atoms with Gasteiger partial charge in [-0.15, -0.1) is 0 Å². The zero-order valence-corrected chi connectivity index (χ0v) is 13.6. The molecule has 8 heteroatoms. The first-order chi connectivity index (χ1) is 11.7. The first kappa shape index (κ1) is 18.8. The third-order valence-electron chi connectivity index (χ3n) is 2.99. The number of carbonyl (C=O) groups excluding carboxylic acids is 2. The van der Waals surface area contributed by atoms with E-state index in [-0.39, 0.29) is 5.57 Å². The van der Waals surface area contributed by atoms with Crippen LogP contribution in [0.5, 0.6) is 11.5 Å². The van der Waals surface area contributed by atoms with E-state index in [1.165, 1.54) is 20.4 Å². The van der Waals surface area contributed by atoms with Crippen LogP contribution in [0.2, 0.25) is 0 Å². The maximum Gasteiger partial charge on any atom is 0.267 e. The van der Waals surface area contributed by atoms with Crippen molar-refractivity contribution in [1.29, 1.82) is 5.26 Å². The third-order valence-corrected chi connectivity index (χ3v) is 2.99. The molecule has 0 aliphatic rings. The molecule has 1 aromatic rings. The molecule has 2 amide bonds. The van der Waals surface area contributed by atoms with E-state index in [4.69, 9.17) is 14.7 Å². The number of amides is 2. The van der Waals surface area contributed by atoms with Crippen molar-refractivity contribution in [1.82, 2.24) is 10.6 Å². The molecule has 0 saturated carbocycles. The molecule has 0 atom stereocenters. The predicted molar refractivity (Wildman–Crippen MR) is 88.6 cm³/mol. The number of nitrogens with zero attached hydrogens (tertiary/aromatic N) is 1. The molecule has 0 saturated heterocycles. The van der Waals surface area contributed by atoms with E-state index < -0.39 is 5.91 Å². The number of hydrogen-bond acceptors (Lipinski definition) is 6. The molecule has 0 aromatic heterocycles. The third kappa shape index (κ3) is 5.88. The van der Waals surface area contributed by atoms with Gasteiger partial charge in [0.15, 0.2) is 0 Å². The van der Waals surface area contributed by atoms with Crippen molar-refractivity contribution < 1.29 is 19.1 Å². The number of hydrogen-bond donors (Lipinski definition) is 3. The highest BCUT2D eigenvalue weighted by molar-refractivity contribution is 6.07. The molecule has 3 N–H and O–H groups in total. The van der Waals surface area contributed by atoms with Crippen molar-refractivity contribution in [3.05, 3.63) is 30.0 Å². The van der Waals surface area contributed by atoms with Gasteiger partial charge in [-0.05, 0) is 18.6 Å². The summed E-state index contributed by atoms with van der Waals surface area (Å²) in [7, 11) is 2.99. The summed E-state index contributed by atoms with van der Waals surface area (Å²) >= 11 is 0. The van der Waals surface area contributed by atoms with Crippen molar-refractivity contribution >= 4 is 18.0 Å². The monoisotopic (exact) mass is 332 g/mol. The van der Waals surface area contributed by atoms with Crippen molar-refractivity contribution in [3.63, 3.8) is 0 Å². The van der Waals surface area contributed by atoms with Crippen LogP contribution in [-0.4, -0.2) is 39.6 Å². The molecule has 0 fully saturated rings. The number of methoxy groups -OCH3 is 2. The van der Waals surface area contributed by atoms with Gasteiger partial charge in [0, 0.05) is 25.4 Å². The fourth-order valence-corrected chi connectivity index (χ4v) is 1.78. The largest absolute Gasteiger partial charge is 0.497 e. The number of nitriles is 1. The van der Waals surface area contributed by atoms with Crippen LogP contribution in [0.3, 0.4) is 0 Å². The maximum atomic E-state index is 12.2. The lowest BCUT2D eigenvalue weighted by molar-refractivity contribution is -0.112. The molecule has 0 unspecified atom stereocenters. The minimum absolute atomic E-state index is 0.0804. The van der Waals surface area contributed by atoms with Gasteiger partial charge in [-0.25, -0.2) is 0 Å². The number of benzene rings is 1. The van der Waals surface area contributed by atoms with Gasteiger partial charge >= 0.3 is 0 Å². The fraction of sp³-hybridized carbons (Fsp3) is 0.312. The lowest BCUT2D eigenvalue weighted by Crippen LogP contribution is -2.20. The Balaban J connectivity index is 2.70. The molecule has 128 valence electrons. The van der Waals surface area contributed by atoms with Crippen LogP contribution in [0.25, 0.3) is 0 Å². The highest BCUT2D eigenvalue weighted by Crippen LogP contribution is 2.29. The van der Waals surface area contributed by atoms with Gasteiger partial charge in [0.1, 0.15) is 23.1 Å². The van der Waals surface area contributed by atoms with Crippen LogP contribution in [0, 0.1) is 11.3 Å². The van der Waals surface area contributed by atoms with Crippen LogP contribution in [-0.2, 0) is 9.59 Å². The van der Waals surface area contributed by atoms with Gasteiger partial charge in [-0.2, -0.15) is 5.26 Å². The van der Waals surface area contributed by atoms with Gasteiger partial charge in [0.2, 0.25) is 6.41 Å². The smallest absolute Gasteiger partial charge is 0.267 e. The number of ether oxygens (including phenoxy) is 2. The average molecular weight is 332 g/mol. The van der Waals surface area contributed by atoms with E-state index >= 15 is 0 Å². The van der Waals surface area contributed by atoms with Gasteiger partial charge in [0.25, 0.3) is 5.91 Å². The highest BCUT2D eigenvalue weighted by atomic mass is 16.5. The Labute approximate surface area is 140 Å².